The molecule has 3 rings (SSSR count). The number of benzene rings is 1. The second-order valence-electron chi connectivity index (χ2n) is 5.56. The molecule has 5 heteroatoms. The molecule has 0 spiro atoms. The van der Waals surface area contributed by atoms with Crippen LogP contribution >= 0.6 is 11.5 Å². The summed E-state index contributed by atoms with van der Waals surface area (Å²) < 4.78 is 9.88. The number of hydrogen-bond acceptors (Lipinski definition) is 5. The van der Waals surface area contributed by atoms with Gasteiger partial charge in [-0.05, 0) is 18.9 Å². The highest BCUT2D eigenvalue weighted by Crippen LogP contribution is 2.47. The van der Waals surface area contributed by atoms with E-state index >= 15 is 0 Å². The SMILES string of the molecule is CCc1nsc(NCC2(c3ccccc3OC)CCC2)n1. The first-order valence-corrected chi connectivity index (χ1v) is 8.25. The van der Waals surface area contributed by atoms with Gasteiger partial charge >= 0.3 is 0 Å². The molecule has 1 heterocycles. The van der Waals surface area contributed by atoms with Crippen LogP contribution in [0, 0.1) is 0 Å². The van der Waals surface area contributed by atoms with Gasteiger partial charge in [0.05, 0.1) is 7.11 Å². The van der Waals surface area contributed by atoms with Gasteiger partial charge < -0.3 is 10.1 Å². The molecule has 0 unspecified atom stereocenters. The Hall–Kier alpha value is -1.62. The van der Waals surface area contributed by atoms with E-state index < -0.39 is 0 Å². The zero-order valence-electron chi connectivity index (χ0n) is 12.6. The summed E-state index contributed by atoms with van der Waals surface area (Å²) in [7, 11) is 1.75. The van der Waals surface area contributed by atoms with Crippen LogP contribution in [-0.4, -0.2) is 23.0 Å². The molecule has 0 saturated heterocycles. The van der Waals surface area contributed by atoms with Gasteiger partial charge in [-0.3, -0.25) is 0 Å². The fourth-order valence-electron chi connectivity index (χ4n) is 2.94. The van der Waals surface area contributed by atoms with Gasteiger partial charge in [0.25, 0.3) is 0 Å². The summed E-state index contributed by atoms with van der Waals surface area (Å²) in [6.07, 6.45) is 4.55. The molecule has 1 aliphatic rings. The van der Waals surface area contributed by atoms with Gasteiger partial charge in [-0.15, -0.1) is 0 Å². The highest BCUT2D eigenvalue weighted by Gasteiger charge is 2.40. The number of rotatable bonds is 6. The van der Waals surface area contributed by atoms with Crippen molar-refractivity contribution in [1.29, 1.82) is 0 Å². The van der Waals surface area contributed by atoms with Crippen molar-refractivity contribution in [1.82, 2.24) is 9.36 Å². The Balaban J connectivity index is 1.77. The molecule has 4 nitrogen and oxygen atoms in total. The lowest BCUT2D eigenvalue weighted by atomic mass is 9.64. The standard InChI is InChI=1S/C16H21N3OS/c1-3-14-18-15(21-19-14)17-11-16(9-6-10-16)12-7-4-5-8-13(12)20-2/h4-5,7-8H,3,6,9-11H2,1-2H3,(H,17,18,19). The maximum atomic E-state index is 5.55. The van der Waals surface area contributed by atoms with Crippen molar-refractivity contribution in [3.8, 4) is 5.75 Å². The smallest absolute Gasteiger partial charge is 0.202 e. The van der Waals surface area contributed by atoms with E-state index in [-0.39, 0.29) is 5.41 Å². The van der Waals surface area contributed by atoms with E-state index in [4.69, 9.17) is 4.74 Å². The molecule has 0 radical (unpaired) electrons. The van der Waals surface area contributed by atoms with E-state index in [0.717, 1.165) is 29.7 Å². The van der Waals surface area contributed by atoms with Gasteiger partial charge in [0, 0.05) is 35.5 Å². The number of aryl methyl sites for hydroxylation is 1. The van der Waals surface area contributed by atoms with Crippen molar-refractivity contribution < 1.29 is 4.74 Å². The lowest BCUT2D eigenvalue weighted by molar-refractivity contribution is 0.250. The van der Waals surface area contributed by atoms with Crippen LogP contribution in [0.15, 0.2) is 24.3 Å². The molecule has 1 aromatic carbocycles. The Kier molecular flexibility index (Phi) is 4.10. The van der Waals surface area contributed by atoms with E-state index in [1.807, 2.05) is 6.07 Å². The molecule has 21 heavy (non-hydrogen) atoms. The molecule has 1 N–H and O–H groups in total. The van der Waals surface area contributed by atoms with Gasteiger partial charge in [0.2, 0.25) is 5.13 Å². The van der Waals surface area contributed by atoms with Crippen LogP contribution in [0.1, 0.15) is 37.6 Å². The minimum Gasteiger partial charge on any atom is -0.496 e. The lowest BCUT2D eigenvalue weighted by Gasteiger charge is -2.43. The van der Waals surface area contributed by atoms with Gasteiger partial charge in [-0.2, -0.15) is 4.37 Å². The van der Waals surface area contributed by atoms with Crippen molar-refractivity contribution in [3.05, 3.63) is 35.7 Å². The summed E-state index contributed by atoms with van der Waals surface area (Å²) in [4.78, 5) is 4.49. The summed E-state index contributed by atoms with van der Waals surface area (Å²) >= 11 is 1.45. The molecule has 112 valence electrons. The van der Waals surface area contributed by atoms with E-state index in [1.165, 1.54) is 36.4 Å². The highest BCUT2D eigenvalue weighted by molar-refractivity contribution is 7.09. The lowest BCUT2D eigenvalue weighted by Crippen LogP contribution is -2.41. The fourth-order valence-corrected chi connectivity index (χ4v) is 3.59. The predicted octanol–water partition coefficient (Wildman–Crippen LogP) is 3.64. The number of ether oxygens (including phenoxy) is 1. The quantitative estimate of drug-likeness (QED) is 0.885. The summed E-state index contributed by atoms with van der Waals surface area (Å²) in [6.45, 7) is 2.97. The monoisotopic (exact) mass is 303 g/mol. The van der Waals surface area contributed by atoms with Crippen LogP contribution in [0.2, 0.25) is 0 Å². The van der Waals surface area contributed by atoms with Crippen LogP contribution in [-0.2, 0) is 11.8 Å². The number of aromatic nitrogens is 2. The zero-order valence-corrected chi connectivity index (χ0v) is 13.4. The molecule has 2 aromatic rings. The third kappa shape index (κ3) is 2.75. The van der Waals surface area contributed by atoms with Crippen LogP contribution in [0.3, 0.4) is 0 Å². The summed E-state index contributed by atoms with van der Waals surface area (Å²) in [6, 6.07) is 8.37. The minimum atomic E-state index is 0.171. The van der Waals surface area contributed by atoms with Gasteiger partial charge in [0.15, 0.2) is 0 Å². The van der Waals surface area contributed by atoms with Gasteiger partial charge in [-0.25, -0.2) is 4.98 Å². The topological polar surface area (TPSA) is 47.0 Å². The molecule has 1 fully saturated rings. The van der Waals surface area contributed by atoms with E-state index in [9.17, 15) is 0 Å². The Morgan fingerprint density at radius 2 is 2.14 bits per heavy atom. The molecule has 1 aliphatic carbocycles. The number of methoxy groups -OCH3 is 1. The maximum Gasteiger partial charge on any atom is 0.202 e. The molecular formula is C16H21N3OS. The third-order valence-corrected chi connectivity index (χ3v) is 5.06. The van der Waals surface area contributed by atoms with Crippen LogP contribution < -0.4 is 10.1 Å². The van der Waals surface area contributed by atoms with Crippen LogP contribution in [0.5, 0.6) is 5.75 Å². The number of nitrogens with zero attached hydrogens (tertiary/aromatic N) is 2. The molecule has 1 saturated carbocycles. The van der Waals surface area contributed by atoms with Crippen molar-refractivity contribution in [3.63, 3.8) is 0 Å². The first-order chi connectivity index (χ1) is 10.3. The average Bonchev–Trinajstić information content (AvgIpc) is 2.95. The van der Waals surface area contributed by atoms with Gasteiger partial charge in [0.1, 0.15) is 11.6 Å². The second-order valence-corrected chi connectivity index (χ2v) is 6.31. The summed E-state index contributed by atoms with van der Waals surface area (Å²) in [5, 5.41) is 4.41. The normalized spacial score (nSPS) is 16.3. The Bertz CT molecular complexity index is 607. The Labute approximate surface area is 129 Å². The van der Waals surface area contributed by atoms with Gasteiger partial charge in [-0.1, -0.05) is 31.5 Å². The second kappa shape index (κ2) is 6.02. The summed E-state index contributed by atoms with van der Waals surface area (Å²) in [5.41, 5.74) is 1.48. The minimum absolute atomic E-state index is 0.171. The molecule has 0 amide bonds. The number of anilines is 1. The van der Waals surface area contributed by atoms with E-state index in [0.29, 0.717) is 0 Å². The van der Waals surface area contributed by atoms with E-state index in [1.54, 1.807) is 7.11 Å². The number of hydrogen-bond donors (Lipinski definition) is 1. The first kappa shape index (κ1) is 14.3. The Morgan fingerprint density at radius 3 is 2.76 bits per heavy atom. The van der Waals surface area contributed by atoms with Crippen LogP contribution in [0.25, 0.3) is 0 Å². The maximum absolute atomic E-state index is 5.55. The first-order valence-electron chi connectivity index (χ1n) is 7.47. The molecule has 0 bridgehead atoms. The molecular weight excluding hydrogens is 282 g/mol. The Morgan fingerprint density at radius 1 is 1.33 bits per heavy atom. The molecule has 0 atom stereocenters. The molecule has 0 aliphatic heterocycles. The fraction of sp³-hybridized carbons (Fsp3) is 0.500. The highest BCUT2D eigenvalue weighted by atomic mass is 32.1. The number of nitrogens with one attached hydrogen (secondary N) is 1. The third-order valence-electron chi connectivity index (χ3n) is 4.35. The zero-order chi connectivity index (χ0) is 14.7. The van der Waals surface area contributed by atoms with E-state index in [2.05, 4.69) is 39.8 Å². The van der Waals surface area contributed by atoms with Crippen molar-refractivity contribution >= 4 is 16.7 Å². The predicted molar refractivity (Wildman–Crippen MR) is 86.3 cm³/mol. The largest absolute Gasteiger partial charge is 0.496 e. The average molecular weight is 303 g/mol. The van der Waals surface area contributed by atoms with Crippen molar-refractivity contribution in [2.45, 2.75) is 38.0 Å². The van der Waals surface area contributed by atoms with Crippen molar-refractivity contribution in [2.75, 3.05) is 19.0 Å². The summed E-state index contributed by atoms with van der Waals surface area (Å²) in [5.74, 6) is 1.91. The number of para-hydroxylation sites is 1. The van der Waals surface area contributed by atoms with Crippen LogP contribution in [0.4, 0.5) is 5.13 Å². The molecule has 1 aromatic heterocycles. The van der Waals surface area contributed by atoms with Crippen molar-refractivity contribution in [2.24, 2.45) is 0 Å².